The Morgan fingerprint density at radius 3 is 2.43 bits per heavy atom. The van der Waals surface area contributed by atoms with E-state index in [1.165, 1.54) is 6.07 Å². The van der Waals surface area contributed by atoms with Crippen LogP contribution in [-0.2, 0) is 14.3 Å². The molecular formula is C19H19FO3. The lowest BCUT2D eigenvalue weighted by Gasteiger charge is -2.12. The third kappa shape index (κ3) is 4.25. The number of ether oxygens (including phenoxy) is 1. The smallest absolute Gasteiger partial charge is 0.313 e. The van der Waals surface area contributed by atoms with Crippen molar-refractivity contribution in [1.29, 1.82) is 0 Å². The predicted molar refractivity (Wildman–Crippen MR) is 86.5 cm³/mol. The first-order chi connectivity index (χ1) is 11.0. The van der Waals surface area contributed by atoms with Crippen LogP contribution in [0.2, 0.25) is 0 Å². The maximum absolute atomic E-state index is 14.3. The van der Waals surface area contributed by atoms with Crippen LogP contribution in [0.5, 0.6) is 0 Å². The standard InChI is InChI=1S/C19H19FO3/c1-3-23-19(22)12-18(21)13(2)15-9-10-16(17(20)11-15)14-7-5-4-6-8-14/h4-11,13H,3,12H2,1-2H3. The number of hydrogen-bond donors (Lipinski definition) is 0. The molecule has 0 aliphatic rings. The van der Waals surface area contributed by atoms with E-state index >= 15 is 0 Å². The second-order valence-corrected chi connectivity index (χ2v) is 5.28. The maximum atomic E-state index is 14.3. The lowest BCUT2D eigenvalue weighted by atomic mass is 9.93. The zero-order chi connectivity index (χ0) is 16.8. The molecule has 0 spiro atoms. The molecule has 0 saturated heterocycles. The van der Waals surface area contributed by atoms with Crippen molar-refractivity contribution in [2.75, 3.05) is 6.61 Å². The van der Waals surface area contributed by atoms with Crippen molar-refractivity contribution in [1.82, 2.24) is 0 Å². The van der Waals surface area contributed by atoms with Crippen LogP contribution in [0, 0.1) is 5.82 Å². The molecule has 0 heterocycles. The second kappa shape index (κ2) is 7.68. The minimum atomic E-state index is -0.557. The van der Waals surface area contributed by atoms with E-state index in [-0.39, 0.29) is 24.6 Å². The summed E-state index contributed by atoms with van der Waals surface area (Å²) in [6.07, 6.45) is -0.295. The Morgan fingerprint density at radius 1 is 1.13 bits per heavy atom. The molecule has 0 saturated carbocycles. The summed E-state index contributed by atoms with van der Waals surface area (Å²) in [6.45, 7) is 3.59. The van der Waals surface area contributed by atoms with Gasteiger partial charge >= 0.3 is 5.97 Å². The van der Waals surface area contributed by atoms with E-state index in [9.17, 15) is 14.0 Å². The first kappa shape index (κ1) is 16.9. The van der Waals surface area contributed by atoms with E-state index in [1.54, 1.807) is 26.0 Å². The number of carbonyl (C=O) groups excluding carboxylic acids is 2. The highest BCUT2D eigenvalue weighted by molar-refractivity contribution is 5.99. The van der Waals surface area contributed by atoms with E-state index in [2.05, 4.69) is 0 Å². The highest BCUT2D eigenvalue weighted by atomic mass is 19.1. The molecule has 0 fully saturated rings. The number of carbonyl (C=O) groups is 2. The third-order valence-electron chi connectivity index (χ3n) is 3.68. The molecule has 0 aliphatic carbocycles. The highest BCUT2D eigenvalue weighted by Crippen LogP contribution is 2.27. The minimum Gasteiger partial charge on any atom is -0.466 e. The molecule has 0 aliphatic heterocycles. The number of Topliss-reactive ketones (excluding diaryl/α,β-unsaturated/α-hetero) is 1. The number of benzene rings is 2. The summed E-state index contributed by atoms with van der Waals surface area (Å²) in [5, 5.41) is 0. The third-order valence-corrected chi connectivity index (χ3v) is 3.68. The SMILES string of the molecule is CCOC(=O)CC(=O)C(C)c1ccc(-c2ccccc2)c(F)c1. The molecule has 23 heavy (non-hydrogen) atoms. The molecule has 3 nitrogen and oxygen atoms in total. The lowest BCUT2D eigenvalue weighted by Crippen LogP contribution is -2.16. The highest BCUT2D eigenvalue weighted by Gasteiger charge is 2.20. The fourth-order valence-electron chi connectivity index (χ4n) is 2.35. The van der Waals surface area contributed by atoms with Crippen LogP contribution >= 0.6 is 0 Å². The number of halogens is 1. The summed E-state index contributed by atoms with van der Waals surface area (Å²) in [7, 11) is 0. The van der Waals surface area contributed by atoms with Crippen molar-refractivity contribution < 1.29 is 18.7 Å². The number of esters is 1. The Bertz CT molecular complexity index is 695. The summed E-state index contributed by atoms with van der Waals surface area (Å²) >= 11 is 0. The molecule has 1 atom stereocenters. The summed E-state index contributed by atoms with van der Waals surface area (Å²) in [4.78, 5) is 23.4. The van der Waals surface area contributed by atoms with Gasteiger partial charge in [-0.1, -0.05) is 49.4 Å². The molecule has 2 rings (SSSR count). The Kier molecular flexibility index (Phi) is 5.63. The number of rotatable bonds is 6. The summed E-state index contributed by atoms with van der Waals surface area (Å²) in [5.41, 5.74) is 1.82. The fourth-order valence-corrected chi connectivity index (χ4v) is 2.35. The van der Waals surface area contributed by atoms with Crippen molar-refractivity contribution in [3.63, 3.8) is 0 Å². The summed E-state index contributed by atoms with van der Waals surface area (Å²) < 4.78 is 19.1. The molecule has 120 valence electrons. The fraction of sp³-hybridized carbons (Fsp3) is 0.263. The van der Waals surface area contributed by atoms with Crippen molar-refractivity contribution >= 4 is 11.8 Å². The van der Waals surface area contributed by atoms with Gasteiger partial charge in [-0.3, -0.25) is 9.59 Å². The van der Waals surface area contributed by atoms with Crippen molar-refractivity contribution in [2.24, 2.45) is 0 Å². The van der Waals surface area contributed by atoms with E-state index in [4.69, 9.17) is 4.74 Å². The molecule has 0 aromatic heterocycles. The van der Waals surface area contributed by atoms with Gasteiger partial charge in [0.2, 0.25) is 0 Å². The average molecular weight is 314 g/mol. The number of hydrogen-bond acceptors (Lipinski definition) is 3. The normalized spacial score (nSPS) is 11.8. The van der Waals surface area contributed by atoms with Gasteiger partial charge in [0, 0.05) is 11.5 Å². The molecule has 0 bridgehead atoms. The average Bonchev–Trinajstić information content (AvgIpc) is 2.55. The van der Waals surface area contributed by atoms with Gasteiger partial charge in [0.15, 0.2) is 5.78 Å². The van der Waals surface area contributed by atoms with Gasteiger partial charge < -0.3 is 4.74 Å². The first-order valence-corrected chi connectivity index (χ1v) is 7.56. The van der Waals surface area contributed by atoms with Gasteiger partial charge in [-0.2, -0.15) is 0 Å². The molecule has 0 N–H and O–H groups in total. The van der Waals surface area contributed by atoms with Crippen LogP contribution in [0.3, 0.4) is 0 Å². The van der Waals surface area contributed by atoms with Crippen LogP contribution in [0.25, 0.3) is 11.1 Å². The second-order valence-electron chi connectivity index (χ2n) is 5.28. The molecular weight excluding hydrogens is 295 g/mol. The largest absolute Gasteiger partial charge is 0.466 e. The molecule has 4 heteroatoms. The zero-order valence-corrected chi connectivity index (χ0v) is 13.2. The van der Waals surface area contributed by atoms with Crippen LogP contribution in [0.1, 0.15) is 31.7 Å². The topological polar surface area (TPSA) is 43.4 Å². The van der Waals surface area contributed by atoms with Gasteiger partial charge in [0.05, 0.1) is 6.61 Å². The Labute approximate surface area is 135 Å². The monoisotopic (exact) mass is 314 g/mol. The minimum absolute atomic E-state index is 0.237. The Balaban J connectivity index is 2.16. The van der Waals surface area contributed by atoms with Gasteiger partial charge in [-0.25, -0.2) is 4.39 Å². The molecule has 0 amide bonds. The predicted octanol–water partition coefficient (Wildman–Crippen LogP) is 4.12. The van der Waals surface area contributed by atoms with Gasteiger partial charge in [0.1, 0.15) is 12.2 Å². The van der Waals surface area contributed by atoms with E-state index in [0.717, 1.165) is 5.56 Å². The first-order valence-electron chi connectivity index (χ1n) is 7.56. The van der Waals surface area contributed by atoms with Crippen molar-refractivity contribution in [3.8, 4) is 11.1 Å². The van der Waals surface area contributed by atoms with Crippen molar-refractivity contribution in [3.05, 3.63) is 59.9 Å². The zero-order valence-electron chi connectivity index (χ0n) is 13.2. The van der Waals surface area contributed by atoms with Gasteiger partial charge in [0.25, 0.3) is 0 Å². The number of ketones is 1. The summed E-state index contributed by atoms with van der Waals surface area (Å²) in [5.74, 6) is -1.77. The van der Waals surface area contributed by atoms with E-state index in [0.29, 0.717) is 11.1 Å². The van der Waals surface area contributed by atoms with Gasteiger partial charge in [-0.05, 0) is 24.1 Å². The Morgan fingerprint density at radius 2 is 1.83 bits per heavy atom. The molecule has 2 aromatic rings. The molecule has 1 unspecified atom stereocenters. The summed E-state index contributed by atoms with van der Waals surface area (Å²) in [6, 6.07) is 13.9. The lowest BCUT2D eigenvalue weighted by molar-refractivity contribution is -0.145. The van der Waals surface area contributed by atoms with Crippen LogP contribution in [0.4, 0.5) is 4.39 Å². The quantitative estimate of drug-likeness (QED) is 0.595. The van der Waals surface area contributed by atoms with Crippen molar-refractivity contribution in [2.45, 2.75) is 26.2 Å². The van der Waals surface area contributed by atoms with E-state index in [1.807, 2.05) is 30.3 Å². The van der Waals surface area contributed by atoms with E-state index < -0.39 is 11.9 Å². The molecule has 2 aromatic carbocycles. The van der Waals surface area contributed by atoms with Crippen LogP contribution in [-0.4, -0.2) is 18.4 Å². The van der Waals surface area contributed by atoms with Gasteiger partial charge in [-0.15, -0.1) is 0 Å². The Hall–Kier alpha value is -2.49. The molecule has 0 radical (unpaired) electrons. The maximum Gasteiger partial charge on any atom is 0.313 e. The van der Waals surface area contributed by atoms with Crippen LogP contribution < -0.4 is 0 Å². The van der Waals surface area contributed by atoms with Crippen LogP contribution in [0.15, 0.2) is 48.5 Å².